The van der Waals surface area contributed by atoms with Gasteiger partial charge < -0.3 is 14.3 Å². The van der Waals surface area contributed by atoms with E-state index in [1.54, 1.807) is 0 Å². The molecule has 0 N–H and O–H groups in total. The number of carbonyl (C=O) groups excluding carboxylic acids is 2. The number of hydrogen-bond donors (Lipinski definition) is 0. The van der Waals surface area contributed by atoms with Crippen molar-refractivity contribution in [2.75, 3.05) is 19.6 Å². The lowest BCUT2D eigenvalue weighted by atomic mass is 10.1. The molecule has 7 heteroatoms. The topological polar surface area (TPSA) is 79.5 Å². The summed E-state index contributed by atoms with van der Waals surface area (Å²) in [7, 11) is 0. The van der Waals surface area contributed by atoms with Gasteiger partial charge in [0.2, 0.25) is 17.7 Å². The van der Waals surface area contributed by atoms with Crippen LogP contribution in [0.15, 0.2) is 4.52 Å². The molecular weight excluding hydrogens is 320 g/mol. The molecule has 3 aliphatic rings. The van der Waals surface area contributed by atoms with Crippen molar-refractivity contribution < 1.29 is 14.1 Å². The lowest BCUT2D eigenvalue weighted by molar-refractivity contribution is -0.136. The molecule has 0 spiro atoms. The molecule has 136 valence electrons. The van der Waals surface area contributed by atoms with E-state index in [1.165, 1.54) is 12.8 Å². The van der Waals surface area contributed by atoms with Crippen LogP contribution in [0.2, 0.25) is 0 Å². The molecule has 1 aromatic rings. The van der Waals surface area contributed by atoms with E-state index in [0.717, 1.165) is 19.4 Å². The molecule has 1 saturated carbocycles. The summed E-state index contributed by atoms with van der Waals surface area (Å²) in [6.07, 6.45) is 4.57. The standard InChI is InChI=1S/C18H26N4O3/c1-11(2)17-19-16(20-25-17)14-4-3-7-22(14)18(24)13-8-15(23)21(10-13)9-12-5-6-12/h11-14H,3-10H2,1-2H3/t13-,14+/m0/s1. The van der Waals surface area contributed by atoms with Crippen molar-refractivity contribution >= 4 is 11.8 Å². The molecule has 2 atom stereocenters. The number of carbonyl (C=O) groups is 2. The molecule has 25 heavy (non-hydrogen) atoms. The molecule has 3 fully saturated rings. The van der Waals surface area contributed by atoms with Crippen LogP contribution in [0.1, 0.15) is 69.6 Å². The van der Waals surface area contributed by atoms with Crippen LogP contribution in [-0.2, 0) is 9.59 Å². The van der Waals surface area contributed by atoms with Crippen molar-refractivity contribution in [1.82, 2.24) is 19.9 Å². The number of hydrogen-bond acceptors (Lipinski definition) is 5. The molecule has 0 bridgehead atoms. The van der Waals surface area contributed by atoms with Crippen LogP contribution in [0.5, 0.6) is 0 Å². The predicted molar refractivity (Wildman–Crippen MR) is 89.5 cm³/mol. The number of likely N-dealkylation sites (tertiary alicyclic amines) is 2. The highest BCUT2D eigenvalue weighted by atomic mass is 16.5. The molecule has 2 saturated heterocycles. The smallest absolute Gasteiger partial charge is 0.229 e. The Balaban J connectivity index is 1.44. The van der Waals surface area contributed by atoms with Crippen molar-refractivity contribution in [3.8, 4) is 0 Å². The van der Waals surface area contributed by atoms with Crippen molar-refractivity contribution in [1.29, 1.82) is 0 Å². The van der Waals surface area contributed by atoms with E-state index >= 15 is 0 Å². The summed E-state index contributed by atoms with van der Waals surface area (Å²) in [4.78, 5) is 33.5. The van der Waals surface area contributed by atoms with Gasteiger partial charge in [-0.15, -0.1) is 0 Å². The first-order valence-electron chi connectivity index (χ1n) is 9.44. The average molecular weight is 346 g/mol. The van der Waals surface area contributed by atoms with E-state index in [1.807, 2.05) is 23.6 Å². The molecule has 4 rings (SSSR count). The fraction of sp³-hybridized carbons (Fsp3) is 0.778. The third-order valence-corrected chi connectivity index (χ3v) is 5.52. The lowest BCUT2D eigenvalue weighted by Gasteiger charge is -2.25. The quantitative estimate of drug-likeness (QED) is 0.816. The van der Waals surface area contributed by atoms with Crippen molar-refractivity contribution in [2.45, 2.75) is 57.9 Å². The third-order valence-electron chi connectivity index (χ3n) is 5.52. The molecule has 1 aromatic heterocycles. The Bertz CT molecular complexity index is 667. The highest BCUT2D eigenvalue weighted by Crippen LogP contribution is 2.35. The Morgan fingerprint density at radius 2 is 2.12 bits per heavy atom. The largest absolute Gasteiger partial charge is 0.342 e. The van der Waals surface area contributed by atoms with Crippen molar-refractivity contribution in [2.24, 2.45) is 11.8 Å². The minimum absolute atomic E-state index is 0.0741. The van der Waals surface area contributed by atoms with Crippen LogP contribution in [0, 0.1) is 11.8 Å². The van der Waals surface area contributed by atoms with Gasteiger partial charge in [-0.25, -0.2) is 0 Å². The van der Waals surface area contributed by atoms with Crippen molar-refractivity contribution in [3.05, 3.63) is 11.7 Å². The Kier molecular flexibility index (Phi) is 4.25. The first-order chi connectivity index (χ1) is 12.0. The SMILES string of the molecule is CC(C)c1nc([C@H]2CCCN2C(=O)[C@H]2CC(=O)N(CC3CC3)C2)no1. The molecular formula is C18H26N4O3. The molecule has 2 aliphatic heterocycles. The molecule has 7 nitrogen and oxygen atoms in total. The van der Waals surface area contributed by atoms with Crippen LogP contribution in [0.4, 0.5) is 0 Å². The molecule has 1 aliphatic carbocycles. The number of nitrogens with zero attached hydrogens (tertiary/aromatic N) is 4. The van der Waals surface area contributed by atoms with Gasteiger partial charge in [-0.05, 0) is 31.6 Å². The second-order valence-corrected chi connectivity index (χ2v) is 7.98. The summed E-state index contributed by atoms with van der Waals surface area (Å²) >= 11 is 0. The summed E-state index contributed by atoms with van der Waals surface area (Å²) in [6.45, 7) is 6.12. The minimum Gasteiger partial charge on any atom is -0.342 e. The van der Waals surface area contributed by atoms with Gasteiger partial charge in [0.25, 0.3) is 0 Å². The van der Waals surface area contributed by atoms with Gasteiger partial charge in [-0.3, -0.25) is 9.59 Å². The predicted octanol–water partition coefficient (Wildman–Crippen LogP) is 2.12. The first kappa shape index (κ1) is 16.5. The zero-order valence-electron chi connectivity index (χ0n) is 15.0. The number of amides is 2. The zero-order valence-corrected chi connectivity index (χ0v) is 15.0. The molecule has 0 unspecified atom stereocenters. The van der Waals surface area contributed by atoms with Crippen LogP contribution >= 0.6 is 0 Å². The third kappa shape index (κ3) is 3.28. The highest BCUT2D eigenvalue weighted by molar-refractivity contribution is 5.89. The Morgan fingerprint density at radius 3 is 2.80 bits per heavy atom. The van der Waals surface area contributed by atoms with Gasteiger partial charge in [0.1, 0.15) is 0 Å². The van der Waals surface area contributed by atoms with Crippen LogP contribution in [-0.4, -0.2) is 51.4 Å². The second-order valence-electron chi connectivity index (χ2n) is 7.98. The van der Waals surface area contributed by atoms with Crippen LogP contribution in [0.25, 0.3) is 0 Å². The van der Waals surface area contributed by atoms with E-state index < -0.39 is 0 Å². The van der Waals surface area contributed by atoms with Gasteiger partial charge in [-0.1, -0.05) is 19.0 Å². The van der Waals surface area contributed by atoms with Gasteiger partial charge in [0, 0.05) is 32.0 Å². The maximum atomic E-state index is 13.0. The van der Waals surface area contributed by atoms with Gasteiger partial charge in [-0.2, -0.15) is 4.98 Å². The minimum atomic E-state index is -0.219. The van der Waals surface area contributed by atoms with Crippen LogP contribution in [0.3, 0.4) is 0 Å². The second kappa shape index (κ2) is 6.42. The van der Waals surface area contributed by atoms with Gasteiger partial charge >= 0.3 is 0 Å². The van der Waals surface area contributed by atoms with E-state index in [-0.39, 0.29) is 29.7 Å². The zero-order chi connectivity index (χ0) is 17.6. The monoisotopic (exact) mass is 346 g/mol. The van der Waals surface area contributed by atoms with E-state index in [2.05, 4.69) is 10.1 Å². The summed E-state index contributed by atoms with van der Waals surface area (Å²) < 4.78 is 5.32. The van der Waals surface area contributed by atoms with Gasteiger partial charge in [0.15, 0.2) is 5.82 Å². The maximum absolute atomic E-state index is 13.0. The Hall–Kier alpha value is -1.92. The normalized spacial score (nSPS) is 26.9. The number of aromatic nitrogens is 2. The van der Waals surface area contributed by atoms with Gasteiger partial charge in [0.05, 0.1) is 12.0 Å². The van der Waals surface area contributed by atoms with E-state index in [9.17, 15) is 9.59 Å². The number of rotatable bonds is 5. The first-order valence-corrected chi connectivity index (χ1v) is 9.44. The molecule has 0 radical (unpaired) electrons. The Labute approximate surface area is 147 Å². The van der Waals surface area contributed by atoms with Crippen LogP contribution < -0.4 is 0 Å². The summed E-state index contributed by atoms with van der Waals surface area (Å²) in [5.74, 6) is 2.03. The van der Waals surface area contributed by atoms with E-state index in [0.29, 0.717) is 37.1 Å². The summed E-state index contributed by atoms with van der Waals surface area (Å²) in [5.41, 5.74) is 0. The molecule has 2 amide bonds. The fourth-order valence-electron chi connectivity index (χ4n) is 3.88. The molecule has 3 heterocycles. The van der Waals surface area contributed by atoms with Crippen molar-refractivity contribution in [3.63, 3.8) is 0 Å². The Morgan fingerprint density at radius 1 is 1.32 bits per heavy atom. The highest BCUT2D eigenvalue weighted by Gasteiger charge is 2.42. The average Bonchev–Trinajstić information content (AvgIpc) is 3.00. The fourth-order valence-corrected chi connectivity index (χ4v) is 3.88. The van der Waals surface area contributed by atoms with E-state index in [4.69, 9.17) is 4.52 Å². The molecule has 0 aromatic carbocycles. The summed E-state index contributed by atoms with van der Waals surface area (Å²) in [6, 6.07) is -0.115. The lowest BCUT2D eigenvalue weighted by Crippen LogP contribution is -2.37. The maximum Gasteiger partial charge on any atom is 0.229 e. The summed E-state index contributed by atoms with van der Waals surface area (Å²) in [5, 5.41) is 4.10.